The summed E-state index contributed by atoms with van der Waals surface area (Å²) in [5, 5.41) is 10.8. The number of aromatic nitrogens is 4. The van der Waals surface area contributed by atoms with Crippen LogP contribution in [0.3, 0.4) is 0 Å². The molecule has 0 radical (unpaired) electrons. The molecule has 4 rings (SSSR count). The van der Waals surface area contributed by atoms with E-state index in [0.29, 0.717) is 0 Å². The molecule has 0 unspecified atom stereocenters. The zero-order valence-electron chi connectivity index (χ0n) is 14.1. The molecule has 134 valence electrons. The van der Waals surface area contributed by atoms with Gasteiger partial charge < -0.3 is 5.32 Å². The predicted molar refractivity (Wildman–Crippen MR) is 93.3 cm³/mol. The van der Waals surface area contributed by atoms with Crippen molar-refractivity contribution in [3.63, 3.8) is 0 Å². The van der Waals surface area contributed by atoms with Gasteiger partial charge in [0.25, 0.3) is 17.7 Å². The summed E-state index contributed by atoms with van der Waals surface area (Å²) in [7, 11) is 0. The molecule has 3 aromatic rings. The van der Waals surface area contributed by atoms with E-state index in [1.54, 1.807) is 12.1 Å². The molecule has 9 nitrogen and oxygen atoms in total. The second-order valence-corrected chi connectivity index (χ2v) is 5.77. The van der Waals surface area contributed by atoms with Crippen LogP contribution in [0.1, 0.15) is 31.3 Å². The molecule has 0 atom stereocenters. The van der Waals surface area contributed by atoms with E-state index in [1.165, 1.54) is 17.2 Å². The summed E-state index contributed by atoms with van der Waals surface area (Å²) in [5.41, 5.74) is 1.29. The fraction of sp³-hybridized carbons (Fsp3) is 0.111. The highest BCUT2D eigenvalue weighted by Crippen LogP contribution is 2.19. The lowest BCUT2D eigenvalue weighted by Crippen LogP contribution is -2.38. The normalized spacial score (nSPS) is 13.0. The lowest BCUT2D eigenvalue weighted by atomic mass is 10.2. The van der Waals surface area contributed by atoms with Gasteiger partial charge in [0, 0.05) is 19.3 Å². The molecule has 0 aliphatic carbocycles. The van der Waals surface area contributed by atoms with Gasteiger partial charge in [-0.25, -0.2) is 0 Å². The number of pyridine rings is 1. The Balaban J connectivity index is 1.36. The summed E-state index contributed by atoms with van der Waals surface area (Å²) >= 11 is 0. The smallest absolute Gasteiger partial charge is 0.280 e. The van der Waals surface area contributed by atoms with Crippen LogP contribution in [0.25, 0.3) is 5.69 Å². The third kappa shape index (κ3) is 3.06. The van der Waals surface area contributed by atoms with Gasteiger partial charge in [-0.05, 0) is 24.3 Å². The molecule has 0 saturated carbocycles. The Kier molecular flexibility index (Phi) is 4.17. The molecular weight excluding hydrogens is 348 g/mol. The van der Waals surface area contributed by atoms with E-state index >= 15 is 0 Å². The third-order valence-corrected chi connectivity index (χ3v) is 4.06. The summed E-state index contributed by atoms with van der Waals surface area (Å²) in [6, 6.07) is 12.4. The molecule has 1 aliphatic rings. The molecule has 3 heterocycles. The van der Waals surface area contributed by atoms with Crippen LogP contribution >= 0.6 is 0 Å². The molecule has 27 heavy (non-hydrogen) atoms. The van der Waals surface area contributed by atoms with Crippen molar-refractivity contribution < 1.29 is 14.4 Å². The van der Waals surface area contributed by atoms with E-state index in [9.17, 15) is 14.4 Å². The first-order valence-corrected chi connectivity index (χ1v) is 8.22. The number of imide groups is 1. The quantitative estimate of drug-likeness (QED) is 0.669. The SMILES string of the molecule is O=C(NCCN1C(=O)c2cccnc2C1=O)c1cnn(-c2ccccc2)n1. The number of rotatable bonds is 5. The standard InChI is InChI=1S/C18H14N6O3/c25-16(14-11-21-24(22-14)12-5-2-1-3-6-12)20-9-10-23-17(26)13-7-4-8-19-15(13)18(23)27/h1-8,11H,9-10H2,(H,20,25). The minimum Gasteiger partial charge on any atom is -0.349 e. The van der Waals surface area contributed by atoms with Crippen molar-refractivity contribution in [1.29, 1.82) is 0 Å². The molecule has 1 aliphatic heterocycles. The zero-order valence-corrected chi connectivity index (χ0v) is 14.1. The number of hydrogen-bond donors (Lipinski definition) is 1. The predicted octanol–water partition coefficient (Wildman–Crippen LogP) is 0.688. The van der Waals surface area contributed by atoms with Gasteiger partial charge in [0.1, 0.15) is 5.69 Å². The number of carbonyl (C=O) groups is 3. The van der Waals surface area contributed by atoms with E-state index in [2.05, 4.69) is 20.5 Å². The van der Waals surface area contributed by atoms with E-state index in [1.807, 2.05) is 30.3 Å². The van der Waals surface area contributed by atoms with Crippen molar-refractivity contribution in [2.75, 3.05) is 13.1 Å². The topological polar surface area (TPSA) is 110 Å². The van der Waals surface area contributed by atoms with Crippen molar-refractivity contribution in [2.45, 2.75) is 0 Å². The van der Waals surface area contributed by atoms with E-state index in [-0.39, 0.29) is 30.0 Å². The summed E-state index contributed by atoms with van der Waals surface area (Å²) in [4.78, 5) is 43.0. The molecule has 0 bridgehead atoms. The fourth-order valence-corrected chi connectivity index (χ4v) is 2.74. The number of nitrogens with zero attached hydrogens (tertiary/aromatic N) is 5. The van der Waals surface area contributed by atoms with Crippen LogP contribution in [0, 0.1) is 0 Å². The third-order valence-electron chi connectivity index (χ3n) is 4.06. The lowest BCUT2D eigenvalue weighted by Gasteiger charge is -2.13. The second kappa shape index (κ2) is 6.79. The van der Waals surface area contributed by atoms with Crippen molar-refractivity contribution in [3.8, 4) is 5.69 Å². The van der Waals surface area contributed by atoms with Crippen LogP contribution < -0.4 is 5.32 Å². The Bertz CT molecular complexity index is 995. The summed E-state index contributed by atoms with van der Waals surface area (Å²) in [6.07, 6.45) is 2.82. The number of fused-ring (bicyclic) bond motifs is 1. The summed E-state index contributed by atoms with van der Waals surface area (Å²) in [5.74, 6) is -1.31. The first kappa shape index (κ1) is 16.6. The Hall–Kier alpha value is -3.88. The van der Waals surface area contributed by atoms with Gasteiger partial charge >= 0.3 is 0 Å². The Morgan fingerprint density at radius 1 is 1.04 bits per heavy atom. The largest absolute Gasteiger partial charge is 0.349 e. The number of amides is 3. The molecule has 0 spiro atoms. The zero-order chi connectivity index (χ0) is 18.8. The van der Waals surface area contributed by atoms with Gasteiger partial charge in [0.05, 0.1) is 17.4 Å². The molecule has 3 amide bonds. The maximum Gasteiger partial charge on any atom is 0.280 e. The Morgan fingerprint density at radius 3 is 2.63 bits per heavy atom. The van der Waals surface area contributed by atoms with Crippen LogP contribution in [-0.4, -0.2) is 55.7 Å². The maximum absolute atomic E-state index is 12.2. The Morgan fingerprint density at radius 2 is 1.85 bits per heavy atom. The molecule has 1 N–H and O–H groups in total. The molecular formula is C18H14N6O3. The van der Waals surface area contributed by atoms with Gasteiger partial charge in [-0.15, -0.1) is 5.10 Å². The first-order chi connectivity index (χ1) is 13.1. The van der Waals surface area contributed by atoms with E-state index in [4.69, 9.17) is 0 Å². The van der Waals surface area contributed by atoms with Gasteiger partial charge in [-0.1, -0.05) is 18.2 Å². The van der Waals surface area contributed by atoms with Gasteiger partial charge in [-0.2, -0.15) is 9.90 Å². The monoisotopic (exact) mass is 362 g/mol. The number of carbonyl (C=O) groups excluding carboxylic acids is 3. The number of benzene rings is 1. The molecule has 9 heteroatoms. The maximum atomic E-state index is 12.2. The van der Waals surface area contributed by atoms with E-state index < -0.39 is 17.7 Å². The minimum absolute atomic E-state index is 0.0482. The van der Waals surface area contributed by atoms with Crippen molar-refractivity contribution in [1.82, 2.24) is 30.2 Å². The molecule has 0 fully saturated rings. The highest BCUT2D eigenvalue weighted by Gasteiger charge is 2.36. The van der Waals surface area contributed by atoms with Crippen LogP contribution in [0.4, 0.5) is 0 Å². The number of hydrogen-bond acceptors (Lipinski definition) is 6. The van der Waals surface area contributed by atoms with Crippen LogP contribution in [0.15, 0.2) is 54.9 Å². The highest BCUT2D eigenvalue weighted by molar-refractivity contribution is 6.20. The lowest BCUT2D eigenvalue weighted by molar-refractivity contribution is 0.0648. The molecule has 0 saturated heterocycles. The summed E-state index contributed by atoms with van der Waals surface area (Å²) in [6.45, 7) is 0.148. The van der Waals surface area contributed by atoms with Crippen molar-refractivity contribution >= 4 is 17.7 Å². The van der Waals surface area contributed by atoms with Gasteiger partial charge in [0.2, 0.25) is 0 Å². The highest BCUT2D eigenvalue weighted by atomic mass is 16.2. The minimum atomic E-state index is -0.458. The van der Waals surface area contributed by atoms with Gasteiger partial charge in [0.15, 0.2) is 5.69 Å². The van der Waals surface area contributed by atoms with Crippen LogP contribution in [0.5, 0.6) is 0 Å². The van der Waals surface area contributed by atoms with Crippen molar-refractivity contribution in [2.24, 2.45) is 0 Å². The summed E-state index contributed by atoms with van der Waals surface area (Å²) < 4.78 is 0. The average Bonchev–Trinajstić information content (AvgIpc) is 3.29. The second-order valence-electron chi connectivity index (χ2n) is 5.77. The Labute approximate surface area is 153 Å². The molecule has 1 aromatic carbocycles. The van der Waals surface area contributed by atoms with Crippen LogP contribution in [0.2, 0.25) is 0 Å². The number of nitrogens with one attached hydrogen (secondary N) is 1. The fourth-order valence-electron chi connectivity index (χ4n) is 2.74. The van der Waals surface area contributed by atoms with Crippen molar-refractivity contribution in [3.05, 3.63) is 71.8 Å². The first-order valence-electron chi connectivity index (χ1n) is 8.22. The van der Waals surface area contributed by atoms with E-state index in [0.717, 1.165) is 10.6 Å². The van der Waals surface area contributed by atoms with Crippen LogP contribution in [-0.2, 0) is 0 Å². The number of para-hydroxylation sites is 1. The average molecular weight is 362 g/mol. The molecule has 2 aromatic heterocycles. The van der Waals surface area contributed by atoms with Gasteiger partial charge in [-0.3, -0.25) is 24.3 Å².